The lowest BCUT2D eigenvalue weighted by Crippen LogP contribution is -2.48. The molecule has 96 valence electrons. The Morgan fingerprint density at radius 1 is 1.41 bits per heavy atom. The molecule has 1 heterocycles. The summed E-state index contributed by atoms with van der Waals surface area (Å²) in [6.07, 6.45) is -3.40. The van der Waals surface area contributed by atoms with Gasteiger partial charge >= 0.3 is 6.18 Å². The number of hydrogen-bond acceptors (Lipinski definition) is 2. The molecule has 1 atom stereocenters. The van der Waals surface area contributed by atoms with E-state index in [1.165, 1.54) is 0 Å². The van der Waals surface area contributed by atoms with Crippen molar-refractivity contribution in [2.45, 2.75) is 31.0 Å². The van der Waals surface area contributed by atoms with Crippen molar-refractivity contribution in [1.29, 1.82) is 0 Å². The molecule has 0 spiro atoms. The van der Waals surface area contributed by atoms with Gasteiger partial charge in [-0.15, -0.1) is 0 Å². The fourth-order valence-corrected chi connectivity index (χ4v) is 2.01. The molecule has 1 saturated heterocycles. The first kappa shape index (κ1) is 12.4. The van der Waals surface area contributed by atoms with Gasteiger partial charge in [0.25, 0.3) is 0 Å². The van der Waals surface area contributed by atoms with E-state index in [9.17, 15) is 23.1 Å². The number of nitrogens with zero attached hydrogens (tertiary/aromatic N) is 1. The number of carbonyl (C=O) groups is 1. The van der Waals surface area contributed by atoms with Crippen molar-refractivity contribution >= 4 is 5.91 Å². The summed E-state index contributed by atoms with van der Waals surface area (Å²) < 4.78 is 37.6. The van der Waals surface area contributed by atoms with E-state index in [1.54, 1.807) is 0 Å². The van der Waals surface area contributed by atoms with Crippen molar-refractivity contribution in [2.24, 2.45) is 5.92 Å². The Morgan fingerprint density at radius 3 is 2.41 bits per heavy atom. The SMILES string of the molecule is C=C(C(=O)N1CCC(O)(C(F)(F)F)C1)C1CC1. The second kappa shape index (κ2) is 3.73. The molecule has 0 aromatic rings. The van der Waals surface area contributed by atoms with Crippen LogP contribution < -0.4 is 0 Å². The van der Waals surface area contributed by atoms with E-state index >= 15 is 0 Å². The van der Waals surface area contributed by atoms with Crippen LogP contribution in [0.5, 0.6) is 0 Å². The molecule has 0 aromatic heterocycles. The van der Waals surface area contributed by atoms with E-state index in [0.717, 1.165) is 17.7 Å². The average molecular weight is 249 g/mol. The van der Waals surface area contributed by atoms with Crippen LogP contribution in [0.1, 0.15) is 19.3 Å². The van der Waals surface area contributed by atoms with E-state index in [-0.39, 0.29) is 12.5 Å². The molecule has 6 heteroatoms. The largest absolute Gasteiger partial charge is 0.419 e. The van der Waals surface area contributed by atoms with Gasteiger partial charge in [-0.25, -0.2) is 0 Å². The summed E-state index contributed by atoms with van der Waals surface area (Å²) in [6.45, 7) is 2.87. The van der Waals surface area contributed by atoms with Gasteiger partial charge in [-0.1, -0.05) is 6.58 Å². The van der Waals surface area contributed by atoms with Gasteiger partial charge in [0.05, 0.1) is 6.54 Å². The van der Waals surface area contributed by atoms with Crippen LogP contribution in [0.4, 0.5) is 13.2 Å². The molecule has 2 aliphatic rings. The van der Waals surface area contributed by atoms with Crippen LogP contribution in [0.15, 0.2) is 12.2 Å². The number of alkyl halides is 3. The highest BCUT2D eigenvalue weighted by Gasteiger charge is 2.58. The van der Waals surface area contributed by atoms with Gasteiger partial charge in [0.2, 0.25) is 5.91 Å². The summed E-state index contributed by atoms with van der Waals surface area (Å²) in [5.41, 5.74) is -2.39. The van der Waals surface area contributed by atoms with Gasteiger partial charge in [-0.3, -0.25) is 4.79 Å². The molecular weight excluding hydrogens is 235 g/mol. The van der Waals surface area contributed by atoms with Gasteiger partial charge in [-0.05, 0) is 18.8 Å². The summed E-state index contributed by atoms with van der Waals surface area (Å²) in [5, 5.41) is 9.43. The molecule has 0 bridgehead atoms. The lowest BCUT2D eigenvalue weighted by molar-refractivity contribution is -0.253. The van der Waals surface area contributed by atoms with Crippen LogP contribution in [0.3, 0.4) is 0 Å². The second-order valence-electron chi connectivity index (χ2n) is 4.81. The maximum absolute atomic E-state index is 12.5. The number of amides is 1. The highest BCUT2D eigenvalue weighted by molar-refractivity contribution is 5.94. The highest BCUT2D eigenvalue weighted by Crippen LogP contribution is 2.40. The Balaban J connectivity index is 2.02. The first-order valence-electron chi connectivity index (χ1n) is 5.52. The van der Waals surface area contributed by atoms with Gasteiger partial charge in [0.15, 0.2) is 5.60 Å². The number of likely N-dealkylation sites (tertiary alicyclic amines) is 1. The topological polar surface area (TPSA) is 40.5 Å². The smallest absolute Gasteiger partial charge is 0.379 e. The standard InChI is InChI=1S/C11H14F3NO2/c1-7(8-2-3-8)9(16)15-5-4-10(17,6-15)11(12,13)14/h8,17H,1-6H2. The molecule has 2 fully saturated rings. The van der Waals surface area contributed by atoms with E-state index in [2.05, 4.69) is 6.58 Å². The lowest BCUT2D eigenvalue weighted by Gasteiger charge is -2.26. The molecule has 0 radical (unpaired) electrons. The van der Waals surface area contributed by atoms with Gasteiger partial charge < -0.3 is 10.0 Å². The second-order valence-corrected chi connectivity index (χ2v) is 4.81. The van der Waals surface area contributed by atoms with Crippen LogP contribution in [0.25, 0.3) is 0 Å². The zero-order chi connectivity index (χ0) is 12.8. The minimum Gasteiger partial charge on any atom is -0.379 e. The Morgan fingerprint density at radius 2 is 2.00 bits per heavy atom. The summed E-state index contributed by atoms with van der Waals surface area (Å²) in [6, 6.07) is 0. The lowest BCUT2D eigenvalue weighted by atomic mass is 10.0. The normalized spacial score (nSPS) is 29.5. The molecular formula is C11H14F3NO2. The average Bonchev–Trinajstić information content (AvgIpc) is 2.98. The fourth-order valence-electron chi connectivity index (χ4n) is 2.01. The summed E-state index contributed by atoms with van der Waals surface area (Å²) >= 11 is 0. The molecule has 1 N–H and O–H groups in total. The molecule has 1 unspecified atom stereocenters. The summed E-state index contributed by atoms with van der Waals surface area (Å²) in [7, 11) is 0. The first-order chi connectivity index (χ1) is 7.74. The molecule has 1 aliphatic carbocycles. The van der Waals surface area contributed by atoms with E-state index in [0.29, 0.717) is 5.57 Å². The minimum absolute atomic E-state index is 0.0689. The predicted octanol–water partition coefficient (Wildman–Crippen LogP) is 1.48. The molecule has 3 nitrogen and oxygen atoms in total. The fraction of sp³-hybridized carbons (Fsp3) is 0.727. The summed E-state index contributed by atoms with van der Waals surface area (Å²) in [5.74, 6) is -0.324. The van der Waals surface area contributed by atoms with Crippen molar-refractivity contribution in [3.8, 4) is 0 Å². The number of carbonyl (C=O) groups excluding carboxylic acids is 1. The Kier molecular flexibility index (Phi) is 2.72. The van der Waals surface area contributed by atoms with Gasteiger partial charge in [0, 0.05) is 18.5 Å². The Bertz CT molecular complexity index is 362. The zero-order valence-corrected chi connectivity index (χ0v) is 9.26. The highest BCUT2D eigenvalue weighted by atomic mass is 19.4. The number of halogens is 3. The summed E-state index contributed by atoms with van der Waals surface area (Å²) in [4.78, 5) is 12.8. The van der Waals surface area contributed by atoms with Crippen LogP contribution in [-0.2, 0) is 4.79 Å². The Labute approximate surface area is 96.9 Å². The maximum atomic E-state index is 12.5. The van der Waals surface area contributed by atoms with Crippen molar-refractivity contribution in [2.75, 3.05) is 13.1 Å². The van der Waals surface area contributed by atoms with Crippen molar-refractivity contribution in [3.63, 3.8) is 0 Å². The van der Waals surface area contributed by atoms with Crippen molar-refractivity contribution in [3.05, 3.63) is 12.2 Å². The maximum Gasteiger partial charge on any atom is 0.419 e. The van der Waals surface area contributed by atoms with Crippen molar-refractivity contribution in [1.82, 2.24) is 4.90 Å². The van der Waals surface area contributed by atoms with Crippen LogP contribution in [-0.4, -0.2) is 40.8 Å². The van der Waals surface area contributed by atoms with Gasteiger partial charge in [0.1, 0.15) is 0 Å². The van der Waals surface area contributed by atoms with Crippen LogP contribution >= 0.6 is 0 Å². The molecule has 1 saturated carbocycles. The van der Waals surface area contributed by atoms with E-state index in [4.69, 9.17) is 0 Å². The first-order valence-corrected chi connectivity index (χ1v) is 5.52. The molecule has 0 aromatic carbocycles. The number of rotatable bonds is 2. The van der Waals surface area contributed by atoms with E-state index in [1.807, 2.05) is 0 Å². The third-order valence-corrected chi connectivity index (χ3v) is 3.41. The monoisotopic (exact) mass is 249 g/mol. The number of hydrogen-bond donors (Lipinski definition) is 1. The number of β-amino-alcohol motifs (C(OH)–C–C–N with tert-alkyl or cyclic N) is 1. The molecule has 1 amide bonds. The van der Waals surface area contributed by atoms with E-state index < -0.39 is 30.7 Å². The predicted molar refractivity (Wildman–Crippen MR) is 54.1 cm³/mol. The molecule has 2 rings (SSSR count). The van der Waals surface area contributed by atoms with Gasteiger partial charge in [-0.2, -0.15) is 13.2 Å². The third kappa shape index (κ3) is 2.18. The minimum atomic E-state index is -4.69. The number of aliphatic hydroxyl groups is 1. The van der Waals surface area contributed by atoms with Crippen LogP contribution in [0.2, 0.25) is 0 Å². The molecule has 1 aliphatic heterocycles. The Hall–Kier alpha value is -1.04. The quantitative estimate of drug-likeness (QED) is 0.753. The van der Waals surface area contributed by atoms with Crippen molar-refractivity contribution < 1.29 is 23.1 Å². The zero-order valence-electron chi connectivity index (χ0n) is 9.26. The van der Waals surface area contributed by atoms with Crippen LogP contribution in [0, 0.1) is 5.92 Å². The third-order valence-electron chi connectivity index (χ3n) is 3.41. The molecule has 17 heavy (non-hydrogen) atoms.